The zero-order chi connectivity index (χ0) is 44.7. The number of anilines is 3. The van der Waals surface area contributed by atoms with Crippen LogP contribution < -0.4 is 4.90 Å². The van der Waals surface area contributed by atoms with Gasteiger partial charge in [-0.1, -0.05) is 232 Å². The normalized spacial score (nSPS) is 13.8. The van der Waals surface area contributed by atoms with Crippen molar-refractivity contribution in [1.82, 2.24) is 0 Å². The highest BCUT2D eigenvalue weighted by Gasteiger charge is 2.46. The van der Waals surface area contributed by atoms with Crippen molar-refractivity contribution in [3.05, 3.63) is 282 Å². The Morgan fingerprint density at radius 1 is 0.299 bits per heavy atom. The summed E-state index contributed by atoms with van der Waals surface area (Å²) in [5, 5.41) is 4.91. The summed E-state index contributed by atoms with van der Waals surface area (Å²) in [5.41, 5.74) is 20.6. The van der Waals surface area contributed by atoms with E-state index in [9.17, 15) is 0 Å². The summed E-state index contributed by atoms with van der Waals surface area (Å²) in [5.74, 6) is 0. The molecule has 13 rings (SSSR count). The molecular weight excluding hydrogens is 807 g/mol. The lowest BCUT2D eigenvalue weighted by Gasteiger charge is -2.35. The van der Waals surface area contributed by atoms with E-state index in [4.69, 9.17) is 0 Å². The Morgan fingerprint density at radius 2 is 0.716 bits per heavy atom. The second-order valence-corrected chi connectivity index (χ2v) is 18.7. The summed E-state index contributed by atoms with van der Waals surface area (Å²) in [6.07, 6.45) is 0. The van der Waals surface area contributed by atoms with Crippen LogP contribution in [0.25, 0.3) is 66.1 Å². The molecule has 0 fully saturated rings. The Balaban J connectivity index is 1.08. The van der Waals surface area contributed by atoms with Crippen molar-refractivity contribution in [3.63, 3.8) is 0 Å². The van der Waals surface area contributed by atoms with Crippen molar-refractivity contribution in [2.24, 2.45) is 0 Å². The summed E-state index contributed by atoms with van der Waals surface area (Å²) in [4.78, 5) is 2.53. The quantitative estimate of drug-likeness (QED) is 0.144. The average molecular weight is 854 g/mol. The Hall–Kier alpha value is -8.26. The van der Waals surface area contributed by atoms with E-state index >= 15 is 0 Å². The molecule has 1 nitrogen and oxygen atoms in total. The lowest BCUT2D eigenvalue weighted by atomic mass is 9.67. The maximum Gasteiger partial charge on any atom is 0.0713 e. The standard InChI is InChI=1S/C66H47N/c1-65(2)59-30-16-13-25-53(59)56-42-35-46(43-62(56)65)63-57-28-11-9-23-51(57)52-24-10-12-29-58(52)64(63)67(49-38-33-45(34-39-49)44-19-5-3-6-20-44)50-40-36-48(37-41-50)66(47-21-7-4-8-22-47)60-31-17-14-26-54(60)55-27-15-18-32-61(55)66/h3-43H,1-2H3. The van der Waals surface area contributed by atoms with Gasteiger partial charge < -0.3 is 4.90 Å². The highest BCUT2D eigenvalue weighted by Crippen LogP contribution is 2.57. The van der Waals surface area contributed by atoms with Crippen LogP contribution >= 0.6 is 0 Å². The van der Waals surface area contributed by atoms with Gasteiger partial charge in [-0.2, -0.15) is 0 Å². The van der Waals surface area contributed by atoms with Gasteiger partial charge in [0.05, 0.1) is 11.1 Å². The molecule has 0 N–H and O–H groups in total. The van der Waals surface area contributed by atoms with E-state index in [0.29, 0.717) is 0 Å². The predicted octanol–water partition coefficient (Wildman–Crippen LogP) is 17.5. The monoisotopic (exact) mass is 853 g/mol. The molecular formula is C66H47N. The molecule has 0 saturated carbocycles. The molecule has 0 radical (unpaired) electrons. The summed E-state index contributed by atoms with van der Waals surface area (Å²) < 4.78 is 0. The molecule has 11 aromatic carbocycles. The van der Waals surface area contributed by atoms with Gasteiger partial charge in [0.1, 0.15) is 0 Å². The molecule has 0 amide bonds. The van der Waals surface area contributed by atoms with Gasteiger partial charge in [0.25, 0.3) is 0 Å². The van der Waals surface area contributed by atoms with Crippen LogP contribution in [-0.4, -0.2) is 0 Å². The number of hydrogen-bond acceptors (Lipinski definition) is 1. The van der Waals surface area contributed by atoms with Crippen molar-refractivity contribution in [2.45, 2.75) is 24.7 Å². The number of hydrogen-bond donors (Lipinski definition) is 0. The molecule has 0 bridgehead atoms. The van der Waals surface area contributed by atoms with Gasteiger partial charge in [-0.3, -0.25) is 0 Å². The molecule has 67 heavy (non-hydrogen) atoms. The minimum Gasteiger partial charge on any atom is -0.309 e. The molecule has 11 aromatic rings. The van der Waals surface area contributed by atoms with E-state index in [2.05, 4.69) is 267 Å². The van der Waals surface area contributed by atoms with Crippen LogP contribution in [0.2, 0.25) is 0 Å². The van der Waals surface area contributed by atoms with Gasteiger partial charge in [0.2, 0.25) is 0 Å². The minimum atomic E-state index is -0.495. The van der Waals surface area contributed by atoms with Gasteiger partial charge in [-0.05, 0) is 119 Å². The molecule has 0 heterocycles. The first-order chi connectivity index (χ1) is 33.0. The van der Waals surface area contributed by atoms with Gasteiger partial charge in [-0.25, -0.2) is 0 Å². The fourth-order valence-electron chi connectivity index (χ4n) is 11.9. The highest BCUT2D eigenvalue weighted by atomic mass is 15.1. The first kappa shape index (κ1) is 39.1. The molecule has 316 valence electrons. The molecule has 0 aromatic heterocycles. The van der Waals surface area contributed by atoms with Crippen LogP contribution in [0.1, 0.15) is 47.2 Å². The van der Waals surface area contributed by atoms with E-state index in [1.54, 1.807) is 0 Å². The summed E-state index contributed by atoms with van der Waals surface area (Å²) in [7, 11) is 0. The third-order valence-electron chi connectivity index (χ3n) is 15.0. The van der Waals surface area contributed by atoms with Crippen LogP contribution in [0.15, 0.2) is 249 Å². The molecule has 2 aliphatic carbocycles. The predicted molar refractivity (Wildman–Crippen MR) is 282 cm³/mol. The topological polar surface area (TPSA) is 3.24 Å². The summed E-state index contributed by atoms with van der Waals surface area (Å²) in [6, 6.07) is 92.7. The Morgan fingerprint density at radius 3 is 1.34 bits per heavy atom. The zero-order valence-electron chi connectivity index (χ0n) is 37.6. The smallest absolute Gasteiger partial charge is 0.0713 e. The van der Waals surface area contributed by atoms with Crippen LogP contribution in [-0.2, 0) is 10.8 Å². The Kier molecular flexibility index (Phi) is 8.85. The van der Waals surface area contributed by atoms with E-state index in [-0.39, 0.29) is 5.41 Å². The SMILES string of the molecule is CC1(C)c2ccccc2-c2ccc(-c3c(N(c4ccc(-c5ccccc5)cc4)c4ccc(C5(c6ccccc6)c6ccccc6-c6ccccc65)cc4)c4ccccc4c4ccccc34)cc21. The van der Waals surface area contributed by atoms with Gasteiger partial charge in [0.15, 0.2) is 0 Å². The Bertz CT molecular complexity index is 3650. The number of rotatable bonds is 7. The van der Waals surface area contributed by atoms with Crippen molar-refractivity contribution in [3.8, 4) is 44.5 Å². The van der Waals surface area contributed by atoms with Crippen molar-refractivity contribution in [1.29, 1.82) is 0 Å². The molecule has 0 aliphatic heterocycles. The van der Waals surface area contributed by atoms with E-state index in [0.717, 1.165) is 17.1 Å². The van der Waals surface area contributed by atoms with Crippen molar-refractivity contribution in [2.75, 3.05) is 4.90 Å². The van der Waals surface area contributed by atoms with Crippen LogP contribution in [0.5, 0.6) is 0 Å². The van der Waals surface area contributed by atoms with E-state index < -0.39 is 5.41 Å². The lowest BCUT2D eigenvalue weighted by Crippen LogP contribution is -2.28. The molecule has 0 spiro atoms. The fraction of sp³-hybridized carbons (Fsp3) is 0.0606. The van der Waals surface area contributed by atoms with E-state index in [1.807, 2.05) is 0 Å². The van der Waals surface area contributed by atoms with Crippen molar-refractivity contribution < 1.29 is 0 Å². The largest absolute Gasteiger partial charge is 0.309 e. The number of benzene rings is 11. The lowest BCUT2D eigenvalue weighted by molar-refractivity contribution is 0.660. The molecule has 2 aliphatic rings. The van der Waals surface area contributed by atoms with Gasteiger partial charge in [-0.15, -0.1) is 0 Å². The van der Waals surface area contributed by atoms with Gasteiger partial charge >= 0.3 is 0 Å². The number of nitrogens with zero attached hydrogens (tertiary/aromatic N) is 1. The second-order valence-electron chi connectivity index (χ2n) is 18.7. The molecule has 0 unspecified atom stereocenters. The summed E-state index contributed by atoms with van der Waals surface area (Å²) >= 11 is 0. The minimum absolute atomic E-state index is 0.149. The molecule has 0 saturated heterocycles. The highest BCUT2D eigenvalue weighted by molar-refractivity contribution is 6.22. The first-order valence-corrected chi connectivity index (χ1v) is 23.5. The van der Waals surface area contributed by atoms with Crippen LogP contribution in [0, 0.1) is 0 Å². The molecule has 0 atom stereocenters. The summed E-state index contributed by atoms with van der Waals surface area (Å²) in [6.45, 7) is 4.76. The van der Waals surface area contributed by atoms with Crippen LogP contribution in [0.3, 0.4) is 0 Å². The van der Waals surface area contributed by atoms with Gasteiger partial charge in [0, 0.05) is 27.7 Å². The average Bonchev–Trinajstić information content (AvgIpc) is 3.82. The Labute approximate surface area is 392 Å². The van der Waals surface area contributed by atoms with E-state index in [1.165, 1.54) is 99.4 Å². The first-order valence-electron chi connectivity index (χ1n) is 23.5. The second kappa shape index (κ2) is 15.2. The maximum atomic E-state index is 2.53. The number of fused-ring (bicyclic) bond motifs is 9. The maximum absolute atomic E-state index is 2.53. The zero-order valence-corrected chi connectivity index (χ0v) is 37.6. The van der Waals surface area contributed by atoms with Crippen LogP contribution in [0.4, 0.5) is 17.1 Å². The molecule has 1 heteroatoms. The third-order valence-corrected chi connectivity index (χ3v) is 15.0. The van der Waals surface area contributed by atoms with Crippen molar-refractivity contribution >= 4 is 38.6 Å². The fourth-order valence-corrected chi connectivity index (χ4v) is 11.9. The third kappa shape index (κ3) is 5.81.